The van der Waals surface area contributed by atoms with Crippen molar-refractivity contribution in [3.63, 3.8) is 0 Å². The molecule has 2 saturated heterocycles. The van der Waals surface area contributed by atoms with E-state index in [0.29, 0.717) is 13.1 Å². The lowest BCUT2D eigenvalue weighted by Crippen LogP contribution is -2.57. The summed E-state index contributed by atoms with van der Waals surface area (Å²) in [6.07, 6.45) is 3.39. The van der Waals surface area contributed by atoms with Gasteiger partial charge in [0.05, 0.1) is 5.92 Å². The molecule has 5 heteroatoms. The highest BCUT2D eigenvalue weighted by Gasteiger charge is 2.38. The summed E-state index contributed by atoms with van der Waals surface area (Å²) < 4.78 is 0. The van der Waals surface area contributed by atoms with Crippen molar-refractivity contribution in [3.8, 4) is 0 Å². The van der Waals surface area contributed by atoms with Crippen LogP contribution >= 0.6 is 0 Å². The number of likely N-dealkylation sites (tertiary alicyclic amines) is 2. The van der Waals surface area contributed by atoms with Crippen LogP contribution in [-0.2, 0) is 4.79 Å². The first-order valence-electron chi connectivity index (χ1n) is 6.36. The van der Waals surface area contributed by atoms with Gasteiger partial charge in [-0.05, 0) is 19.3 Å². The van der Waals surface area contributed by atoms with Crippen molar-refractivity contribution in [3.05, 3.63) is 0 Å². The zero-order valence-electron chi connectivity index (χ0n) is 10.3. The molecule has 0 spiro atoms. The Hall–Kier alpha value is -1.26. The molecule has 1 N–H and O–H groups in total. The number of nitrogens with zero attached hydrogens (tertiary/aromatic N) is 2. The highest BCUT2D eigenvalue weighted by molar-refractivity contribution is 5.76. The molecular weight excluding hydrogens is 220 g/mol. The normalized spacial score (nSPS) is 23.1. The van der Waals surface area contributed by atoms with Gasteiger partial charge < -0.3 is 14.9 Å². The van der Waals surface area contributed by atoms with Crippen molar-refractivity contribution in [2.24, 2.45) is 11.8 Å². The fourth-order valence-corrected chi connectivity index (χ4v) is 2.47. The van der Waals surface area contributed by atoms with Gasteiger partial charge in [-0.2, -0.15) is 0 Å². The minimum Gasteiger partial charge on any atom is -0.481 e. The highest BCUT2D eigenvalue weighted by Crippen LogP contribution is 2.25. The van der Waals surface area contributed by atoms with Crippen molar-refractivity contribution < 1.29 is 14.7 Å². The van der Waals surface area contributed by atoms with Gasteiger partial charge >= 0.3 is 12.0 Å². The zero-order valence-corrected chi connectivity index (χ0v) is 10.3. The van der Waals surface area contributed by atoms with Crippen LogP contribution in [0.1, 0.15) is 26.2 Å². The molecule has 2 aliphatic rings. The summed E-state index contributed by atoms with van der Waals surface area (Å²) in [7, 11) is 0. The SMILES string of the molecule is CC(C(=O)O)C1CN(C(=O)N2CCCCC2)C1. The first-order chi connectivity index (χ1) is 8.09. The maximum Gasteiger partial charge on any atom is 0.320 e. The Kier molecular flexibility index (Phi) is 3.54. The van der Waals surface area contributed by atoms with Crippen molar-refractivity contribution in [1.29, 1.82) is 0 Å². The maximum absolute atomic E-state index is 12.0. The molecule has 2 heterocycles. The first-order valence-corrected chi connectivity index (χ1v) is 6.36. The summed E-state index contributed by atoms with van der Waals surface area (Å²) in [5, 5.41) is 8.88. The smallest absolute Gasteiger partial charge is 0.320 e. The molecule has 17 heavy (non-hydrogen) atoms. The molecule has 5 nitrogen and oxygen atoms in total. The molecule has 1 atom stereocenters. The molecule has 2 fully saturated rings. The summed E-state index contributed by atoms with van der Waals surface area (Å²) in [5.41, 5.74) is 0. The van der Waals surface area contributed by atoms with Gasteiger partial charge in [-0.25, -0.2) is 4.79 Å². The highest BCUT2D eigenvalue weighted by atomic mass is 16.4. The van der Waals surface area contributed by atoms with Gasteiger partial charge in [0.1, 0.15) is 0 Å². The standard InChI is InChI=1S/C12H20N2O3/c1-9(11(15)16)10-7-14(8-10)12(17)13-5-3-2-4-6-13/h9-10H,2-8H2,1H3,(H,15,16). The molecule has 2 rings (SSSR count). The Balaban J connectivity index is 1.78. The fraction of sp³-hybridized carbons (Fsp3) is 0.833. The summed E-state index contributed by atoms with van der Waals surface area (Å²) in [6, 6.07) is 0.0959. The van der Waals surface area contributed by atoms with E-state index in [9.17, 15) is 9.59 Å². The Bertz CT molecular complexity index is 307. The molecule has 0 aromatic heterocycles. The van der Waals surface area contributed by atoms with Crippen LogP contribution in [0.3, 0.4) is 0 Å². The second-order valence-electron chi connectivity index (χ2n) is 5.12. The van der Waals surface area contributed by atoms with Crippen molar-refractivity contribution in [2.75, 3.05) is 26.2 Å². The third-order valence-electron chi connectivity index (χ3n) is 3.90. The predicted octanol–water partition coefficient (Wildman–Crippen LogP) is 1.24. The van der Waals surface area contributed by atoms with Crippen molar-refractivity contribution in [2.45, 2.75) is 26.2 Å². The molecule has 0 bridgehead atoms. The van der Waals surface area contributed by atoms with E-state index >= 15 is 0 Å². The van der Waals surface area contributed by atoms with E-state index in [1.54, 1.807) is 11.8 Å². The maximum atomic E-state index is 12.0. The molecule has 96 valence electrons. The number of rotatable bonds is 2. The molecule has 0 aliphatic carbocycles. The van der Waals surface area contributed by atoms with Gasteiger partial charge in [0.2, 0.25) is 0 Å². The molecule has 0 aromatic rings. The third kappa shape index (κ3) is 2.53. The number of carbonyl (C=O) groups excluding carboxylic acids is 1. The lowest BCUT2D eigenvalue weighted by Gasteiger charge is -2.44. The van der Waals surface area contributed by atoms with E-state index in [-0.39, 0.29) is 17.9 Å². The lowest BCUT2D eigenvalue weighted by molar-refractivity contribution is -0.144. The number of carboxylic acid groups (broad SMARTS) is 1. The largest absolute Gasteiger partial charge is 0.481 e. The minimum atomic E-state index is -0.764. The number of amides is 2. The quantitative estimate of drug-likeness (QED) is 0.790. The molecule has 2 aliphatic heterocycles. The van der Waals surface area contributed by atoms with Crippen LogP contribution in [0.2, 0.25) is 0 Å². The van der Waals surface area contributed by atoms with Crippen LogP contribution in [-0.4, -0.2) is 53.1 Å². The van der Waals surface area contributed by atoms with Gasteiger partial charge in [-0.1, -0.05) is 6.92 Å². The van der Waals surface area contributed by atoms with Gasteiger partial charge in [-0.3, -0.25) is 4.79 Å². The summed E-state index contributed by atoms with van der Waals surface area (Å²) in [6.45, 7) is 4.63. The molecular formula is C12H20N2O3. The predicted molar refractivity (Wildman–Crippen MR) is 62.7 cm³/mol. The Labute approximate surface area is 101 Å². The molecule has 0 saturated carbocycles. The van der Waals surface area contributed by atoms with Crippen LogP contribution in [0.4, 0.5) is 4.79 Å². The van der Waals surface area contributed by atoms with Crippen LogP contribution in [0.5, 0.6) is 0 Å². The summed E-state index contributed by atoms with van der Waals surface area (Å²) in [4.78, 5) is 26.5. The Morgan fingerprint density at radius 1 is 1.12 bits per heavy atom. The van der Waals surface area contributed by atoms with E-state index in [2.05, 4.69) is 0 Å². The number of piperidine rings is 1. The van der Waals surface area contributed by atoms with E-state index in [1.807, 2.05) is 4.90 Å². The van der Waals surface area contributed by atoms with E-state index < -0.39 is 5.97 Å². The van der Waals surface area contributed by atoms with Crippen molar-refractivity contribution in [1.82, 2.24) is 9.80 Å². The summed E-state index contributed by atoms with van der Waals surface area (Å²) >= 11 is 0. The van der Waals surface area contributed by atoms with E-state index in [1.165, 1.54) is 6.42 Å². The second-order valence-corrected chi connectivity index (χ2v) is 5.12. The zero-order chi connectivity index (χ0) is 12.4. The Morgan fingerprint density at radius 3 is 2.24 bits per heavy atom. The van der Waals surface area contributed by atoms with Gasteiger partial charge in [-0.15, -0.1) is 0 Å². The number of carbonyl (C=O) groups is 2. The molecule has 0 radical (unpaired) electrons. The van der Waals surface area contributed by atoms with Crippen LogP contribution in [0.25, 0.3) is 0 Å². The molecule has 1 unspecified atom stereocenters. The second kappa shape index (κ2) is 4.94. The average molecular weight is 240 g/mol. The number of carboxylic acids is 1. The topological polar surface area (TPSA) is 60.9 Å². The lowest BCUT2D eigenvalue weighted by atomic mass is 9.87. The monoisotopic (exact) mass is 240 g/mol. The van der Waals surface area contributed by atoms with Gasteiger partial charge in [0.15, 0.2) is 0 Å². The number of hydrogen-bond acceptors (Lipinski definition) is 2. The van der Waals surface area contributed by atoms with Crippen LogP contribution in [0, 0.1) is 11.8 Å². The molecule has 0 aromatic carbocycles. The van der Waals surface area contributed by atoms with Gasteiger partial charge in [0.25, 0.3) is 0 Å². The third-order valence-corrected chi connectivity index (χ3v) is 3.90. The first kappa shape index (κ1) is 12.2. The average Bonchev–Trinajstić information content (AvgIpc) is 2.27. The van der Waals surface area contributed by atoms with Gasteiger partial charge in [0, 0.05) is 32.1 Å². The number of hydrogen-bond donors (Lipinski definition) is 1. The minimum absolute atomic E-state index is 0.0959. The van der Waals surface area contributed by atoms with Crippen LogP contribution in [0.15, 0.2) is 0 Å². The summed E-state index contributed by atoms with van der Waals surface area (Å²) in [5.74, 6) is -0.985. The van der Waals surface area contributed by atoms with Crippen molar-refractivity contribution >= 4 is 12.0 Å². The van der Waals surface area contributed by atoms with E-state index in [4.69, 9.17) is 5.11 Å². The Morgan fingerprint density at radius 2 is 1.71 bits per heavy atom. The fourth-order valence-electron chi connectivity index (χ4n) is 2.47. The number of urea groups is 1. The molecule has 2 amide bonds. The van der Waals surface area contributed by atoms with E-state index in [0.717, 1.165) is 25.9 Å². The van der Waals surface area contributed by atoms with Crippen LogP contribution < -0.4 is 0 Å². The number of aliphatic carboxylic acids is 1.